The highest BCUT2D eigenvalue weighted by Gasteiger charge is 2.13. The van der Waals surface area contributed by atoms with E-state index >= 15 is 0 Å². The van der Waals surface area contributed by atoms with E-state index in [4.69, 9.17) is 4.42 Å². The summed E-state index contributed by atoms with van der Waals surface area (Å²) < 4.78 is 29.7. The molecule has 0 spiro atoms. The van der Waals surface area contributed by atoms with Gasteiger partial charge in [-0.25, -0.2) is 17.7 Å². The minimum atomic E-state index is -3.12. The number of nitrogens with one attached hydrogen (secondary N) is 2. The van der Waals surface area contributed by atoms with Gasteiger partial charge in [-0.3, -0.25) is 0 Å². The third-order valence-electron chi connectivity index (χ3n) is 3.02. The quantitative estimate of drug-likeness (QED) is 0.401. The predicted molar refractivity (Wildman–Crippen MR) is 88.2 cm³/mol. The smallest absolute Gasteiger partial charge is 0.211 e. The highest BCUT2D eigenvalue weighted by Crippen LogP contribution is 2.01. The second-order valence-electron chi connectivity index (χ2n) is 4.81. The monoisotopic (exact) mass is 330 g/mol. The van der Waals surface area contributed by atoms with Gasteiger partial charge in [-0.1, -0.05) is 6.92 Å². The first-order valence-corrected chi connectivity index (χ1v) is 9.31. The summed E-state index contributed by atoms with van der Waals surface area (Å²) in [6.07, 6.45) is 3.57. The Morgan fingerprint density at radius 3 is 2.68 bits per heavy atom. The van der Waals surface area contributed by atoms with Crippen molar-refractivity contribution in [2.45, 2.75) is 26.8 Å². The number of rotatable bonds is 9. The maximum atomic E-state index is 11.5. The van der Waals surface area contributed by atoms with Crippen molar-refractivity contribution in [2.75, 3.05) is 32.4 Å². The summed E-state index contributed by atoms with van der Waals surface area (Å²) in [4.78, 5) is 4.41. The van der Waals surface area contributed by atoms with E-state index in [9.17, 15) is 8.42 Å². The van der Waals surface area contributed by atoms with Gasteiger partial charge in [0.05, 0.1) is 12.5 Å². The van der Waals surface area contributed by atoms with Crippen molar-refractivity contribution >= 4 is 16.0 Å². The standard InChI is InChI=1S/C14H26N4O3S/c1-4-15-14(17-12-13-8-6-11-21-13)16-9-7-10-18(5-2)22(3,19)20/h6,8,11H,4-5,7,9-10,12H2,1-3H3,(H2,15,16,17). The highest BCUT2D eigenvalue weighted by atomic mass is 32.2. The van der Waals surface area contributed by atoms with Crippen molar-refractivity contribution in [3.05, 3.63) is 24.2 Å². The van der Waals surface area contributed by atoms with Gasteiger partial charge in [0.1, 0.15) is 12.3 Å². The van der Waals surface area contributed by atoms with E-state index in [2.05, 4.69) is 15.6 Å². The van der Waals surface area contributed by atoms with Crippen LogP contribution in [0.5, 0.6) is 0 Å². The van der Waals surface area contributed by atoms with Crippen LogP contribution in [-0.2, 0) is 16.6 Å². The lowest BCUT2D eigenvalue weighted by atomic mass is 10.4. The van der Waals surface area contributed by atoms with Gasteiger partial charge in [-0.15, -0.1) is 0 Å². The second kappa shape index (κ2) is 9.47. The topological polar surface area (TPSA) is 86.9 Å². The van der Waals surface area contributed by atoms with E-state index in [0.29, 0.717) is 38.6 Å². The number of sulfonamides is 1. The van der Waals surface area contributed by atoms with Crippen LogP contribution in [0.2, 0.25) is 0 Å². The Kier molecular flexibility index (Phi) is 7.97. The summed E-state index contributed by atoms with van der Waals surface area (Å²) in [5, 5.41) is 6.33. The molecule has 0 fully saturated rings. The molecule has 8 heteroatoms. The number of guanidine groups is 1. The zero-order chi connectivity index (χ0) is 16.4. The average Bonchev–Trinajstić information content (AvgIpc) is 2.96. The molecule has 0 amide bonds. The minimum absolute atomic E-state index is 0.465. The molecule has 0 atom stereocenters. The fourth-order valence-electron chi connectivity index (χ4n) is 1.92. The Balaban J connectivity index is 2.39. The Bertz CT molecular complexity index is 540. The minimum Gasteiger partial charge on any atom is -0.467 e. The molecule has 1 aromatic rings. The lowest BCUT2D eigenvalue weighted by Gasteiger charge is -2.18. The zero-order valence-corrected chi connectivity index (χ0v) is 14.3. The van der Waals surface area contributed by atoms with Crippen LogP contribution in [0.4, 0.5) is 0 Å². The fraction of sp³-hybridized carbons (Fsp3) is 0.643. The molecule has 0 aliphatic carbocycles. The second-order valence-corrected chi connectivity index (χ2v) is 6.79. The van der Waals surface area contributed by atoms with E-state index in [0.717, 1.165) is 12.3 Å². The van der Waals surface area contributed by atoms with E-state index < -0.39 is 10.0 Å². The zero-order valence-electron chi connectivity index (χ0n) is 13.5. The number of hydrogen-bond donors (Lipinski definition) is 2. The number of hydrogen-bond acceptors (Lipinski definition) is 4. The van der Waals surface area contributed by atoms with Crippen molar-refractivity contribution in [3.63, 3.8) is 0 Å². The number of nitrogens with zero attached hydrogens (tertiary/aromatic N) is 2. The molecule has 0 unspecified atom stereocenters. The van der Waals surface area contributed by atoms with Gasteiger partial charge in [-0.05, 0) is 25.5 Å². The summed E-state index contributed by atoms with van der Waals surface area (Å²) in [5.74, 6) is 1.49. The summed E-state index contributed by atoms with van der Waals surface area (Å²) in [6, 6.07) is 3.70. The molecule has 0 aliphatic rings. The van der Waals surface area contributed by atoms with Crippen LogP contribution in [0.3, 0.4) is 0 Å². The number of furan rings is 1. The molecule has 0 saturated heterocycles. The first-order valence-electron chi connectivity index (χ1n) is 7.47. The largest absolute Gasteiger partial charge is 0.467 e. The van der Waals surface area contributed by atoms with E-state index in [1.54, 1.807) is 6.26 Å². The molecule has 1 rings (SSSR count). The average molecular weight is 330 g/mol. The predicted octanol–water partition coefficient (Wildman–Crippen LogP) is 1.01. The summed E-state index contributed by atoms with van der Waals surface area (Å²) in [5.41, 5.74) is 0. The molecule has 0 radical (unpaired) electrons. The Morgan fingerprint density at radius 2 is 2.14 bits per heavy atom. The van der Waals surface area contributed by atoms with Gasteiger partial charge in [0.2, 0.25) is 10.0 Å². The van der Waals surface area contributed by atoms with Crippen LogP contribution in [0.1, 0.15) is 26.0 Å². The highest BCUT2D eigenvalue weighted by molar-refractivity contribution is 7.88. The molecule has 1 aromatic heterocycles. The van der Waals surface area contributed by atoms with Crippen molar-refractivity contribution in [3.8, 4) is 0 Å². The van der Waals surface area contributed by atoms with Crippen LogP contribution in [0.15, 0.2) is 27.8 Å². The van der Waals surface area contributed by atoms with Crippen LogP contribution < -0.4 is 10.6 Å². The van der Waals surface area contributed by atoms with Crippen molar-refractivity contribution in [1.82, 2.24) is 14.9 Å². The van der Waals surface area contributed by atoms with E-state index in [-0.39, 0.29) is 0 Å². The Morgan fingerprint density at radius 1 is 1.36 bits per heavy atom. The molecule has 7 nitrogen and oxygen atoms in total. The van der Waals surface area contributed by atoms with Crippen LogP contribution in [0, 0.1) is 0 Å². The van der Waals surface area contributed by atoms with E-state index in [1.165, 1.54) is 10.6 Å². The van der Waals surface area contributed by atoms with Crippen LogP contribution >= 0.6 is 0 Å². The molecule has 2 N–H and O–H groups in total. The molecular weight excluding hydrogens is 304 g/mol. The maximum Gasteiger partial charge on any atom is 0.211 e. The molecule has 0 aromatic carbocycles. The fourth-order valence-corrected chi connectivity index (χ4v) is 2.85. The molecule has 0 aliphatic heterocycles. The normalized spacial score (nSPS) is 12.6. The molecule has 126 valence electrons. The molecule has 0 bridgehead atoms. The summed E-state index contributed by atoms with van der Waals surface area (Å²) in [6.45, 7) is 6.69. The number of aliphatic imine (C=N–C) groups is 1. The molecule has 22 heavy (non-hydrogen) atoms. The van der Waals surface area contributed by atoms with Gasteiger partial charge in [0.15, 0.2) is 5.96 Å². The van der Waals surface area contributed by atoms with Gasteiger partial charge < -0.3 is 15.1 Å². The Hall–Kier alpha value is -1.54. The third kappa shape index (κ3) is 6.95. The maximum absolute atomic E-state index is 11.5. The SMILES string of the molecule is CCNC(=NCc1ccco1)NCCCN(CC)S(C)(=O)=O. The molecular formula is C14H26N4O3S. The summed E-state index contributed by atoms with van der Waals surface area (Å²) >= 11 is 0. The molecule has 1 heterocycles. The van der Waals surface area contributed by atoms with Gasteiger partial charge in [-0.2, -0.15) is 0 Å². The van der Waals surface area contributed by atoms with Gasteiger partial charge in [0.25, 0.3) is 0 Å². The lowest BCUT2D eigenvalue weighted by molar-refractivity contribution is 0.424. The Labute approximate surface area is 132 Å². The molecule has 0 saturated carbocycles. The lowest BCUT2D eigenvalue weighted by Crippen LogP contribution is -2.39. The van der Waals surface area contributed by atoms with Crippen molar-refractivity contribution in [2.24, 2.45) is 4.99 Å². The van der Waals surface area contributed by atoms with Gasteiger partial charge in [0, 0.05) is 26.2 Å². The third-order valence-corrected chi connectivity index (χ3v) is 4.39. The van der Waals surface area contributed by atoms with Gasteiger partial charge >= 0.3 is 0 Å². The van der Waals surface area contributed by atoms with Crippen molar-refractivity contribution < 1.29 is 12.8 Å². The van der Waals surface area contributed by atoms with Crippen LogP contribution in [-0.4, -0.2) is 51.1 Å². The first-order chi connectivity index (χ1) is 10.5. The van der Waals surface area contributed by atoms with E-state index in [1.807, 2.05) is 26.0 Å². The summed E-state index contributed by atoms with van der Waals surface area (Å²) in [7, 11) is -3.12. The van der Waals surface area contributed by atoms with Crippen LogP contribution in [0.25, 0.3) is 0 Å². The first kappa shape index (κ1) is 18.5. The van der Waals surface area contributed by atoms with Crippen molar-refractivity contribution in [1.29, 1.82) is 0 Å².